The first kappa shape index (κ1) is 12.4. The smallest absolute Gasteiger partial charge is 0.151 e. The third kappa shape index (κ3) is 3.20. The number of benzene rings is 2. The average Bonchev–Trinajstić information content (AvgIpc) is 2.32. The van der Waals surface area contributed by atoms with Gasteiger partial charge in [-0.05, 0) is 37.3 Å². The van der Waals surface area contributed by atoms with Gasteiger partial charge in [-0.3, -0.25) is 4.79 Å². The molecule has 86 valence electrons. The molecule has 0 amide bonds. The van der Waals surface area contributed by atoms with Gasteiger partial charge in [-0.1, -0.05) is 45.4 Å². The maximum Gasteiger partial charge on any atom is 0.151 e. The first-order chi connectivity index (χ1) is 8.19. The van der Waals surface area contributed by atoms with Gasteiger partial charge in [0.1, 0.15) is 0 Å². The van der Waals surface area contributed by atoms with E-state index in [0.717, 1.165) is 26.1 Å². The highest BCUT2D eigenvalue weighted by Crippen LogP contribution is 2.31. The molecule has 0 spiro atoms. The van der Waals surface area contributed by atoms with E-state index in [2.05, 4.69) is 47.1 Å². The maximum absolute atomic E-state index is 11.0. The molecule has 0 radical (unpaired) electrons. The average molecular weight is 307 g/mol. The van der Waals surface area contributed by atoms with Crippen molar-refractivity contribution in [2.24, 2.45) is 0 Å². The predicted molar refractivity (Wildman–Crippen MR) is 74.8 cm³/mol. The Morgan fingerprint density at radius 1 is 1.12 bits per heavy atom. The lowest BCUT2D eigenvalue weighted by molar-refractivity contribution is 0.112. The molecule has 0 N–H and O–H groups in total. The first-order valence-corrected chi connectivity index (χ1v) is 6.79. The third-order valence-electron chi connectivity index (χ3n) is 2.35. The molecule has 0 heterocycles. The van der Waals surface area contributed by atoms with E-state index in [1.165, 1.54) is 5.56 Å². The molecule has 0 fully saturated rings. The van der Waals surface area contributed by atoms with E-state index in [1.807, 2.05) is 18.2 Å². The lowest BCUT2D eigenvalue weighted by atomic mass is 10.2. The van der Waals surface area contributed by atoms with Crippen LogP contribution in [0.15, 0.2) is 56.7 Å². The molecule has 1 nitrogen and oxygen atoms in total. The molecule has 0 unspecified atom stereocenters. The van der Waals surface area contributed by atoms with Gasteiger partial charge >= 0.3 is 0 Å². The van der Waals surface area contributed by atoms with Crippen LogP contribution in [0.5, 0.6) is 0 Å². The number of rotatable bonds is 3. The van der Waals surface area contributed by atoms with Crippen molar-refractivity contribution in [1.29, 1.82) is 0 Å². The van der Waals surface area contributed by atoms with Gasteiger partial charge in [-0.15, -0.1) is 0 Å². The molecule has 2 aromatic carbocycles. The summed E-state index contributed by atoms with van der Waals surface area (Å²) in [4.78, 5) is 13.1. The van der Waals surface area contributed by atoms with Crippen molar-refractivity contribution in [2.75, 3.05) is 0 Å². The molecule has 0 aliphatic carbocycles. The second-order valence-electron chi connectivity index (χ2n) is 3.72. The number of halogens is 1. The number of carbonyl (C=O) groups excluding carboxylic acids is 1. The lowest BCUT2D eigenvalue weighted by Gasteiger charge is -2.05. The summed E-state index contributed by atoms with van der Waals surface area (Å²) in [7, 11) is 0. The zero-order valence-electron chi connectivity index (χ0n) is 9.31. The van der Waals surface area contributed by atoms with E-state index in [9.17, 15) is 4.79 Å². The van der Waals surface area contributed by atoms with Crippen LogP contribution in [0.4, 0.5) is 0 Å². The van der Waals surface area contributed by atoms with Crippen LogP contribution in [0.2, 0.25) is 0 Å². The van der Waals surface area contributed by atoms with Crippen LogP contribution < -0.4 is 0 Å². The van der Waals surface area contributed by atoms with Crippen molar-refractivity contribution in [3.8, 4) is 0 Å². The van der Waals surface area contributed by atoms with E-state index in [1.54, 1.807) is 11.8 Å². The van der Waals surface area contributed by atoms with Crippen LogP contribution >= 0.6 is 27.7 Å². The number of aldehydes is 1. The highest BCUT2D eigenvalue weighted by Gasteiger charge is 2.04. The van der Waals surface area contributed by atoms with Crippen LogP contribution in [0.3, 0.4) is 0 Å². The zero-order valence-corrected chi connectivity index (χ0v) is 11.7. The molecule has 2 rings (SSSR count). The van der Waals surface area contributed by atoms with Crippen molar-refractivity contribution in [3.05, 3.63) is 58.1 Å². The van der Waals surface area contributed by atoms with Crippen LogP contribution in [0.1, 0.15) is 15.9 Å². The van der Waals surface area contributed by atoms with Gasteiger partial charge in [0, 0.05) is 19.8 Å². The minimum Gasteiger partial charge on any atom is -0.298 e. The standard InChI is InChI=1S/C14H11BrOS/c1-10-2-6-13(7-3-10)17-14-8-12(15)5-4-11(14)9-16/h2-9H,1H3. The lowest BCUT2D eigenvalue weighted by Crippen LogP contribution is -1.85. The highest BCUT2D eigenvalue weighted by atomic mass is 79.9. The number of carbonyl (C=O) groups is 1. The van der Waals surface area contributed by atoms with Gasteiger partial charge in [-0.25, -0.2) is 0 Å². The van der Waals surface area contributed by atoms with Crippen molar-refractivity contribution in [2.45, 2.75) is 16.7 Å². The number of hydrogen-bond acceptors (Lipinski definition) is 2. The van der Waals surface area contributed by atoms with Gasteiger partial charge < -0.3 is 0 Å². The van der Waals surface area contributed by atoms with E-state index >= 15 is 0 Å². The second kappa shape index (κ2) is 5.52. The maximum atomic E-state index is 11.0. The molecule has 0 atom stereocenters. The summed E-state index contributed by atoms with van der Waals surface area (Å²) in [6.07, 6.45) is 0.892. The fourth-order valence-corrected chi connectivity index (χ4v) is 2.89. The first-order valence-electron chi connectivity index (χ1n) is 5.18. The van der Waals surface area contributed by atoms with E-state index in [-0.39, 0.29) is 0 Å². The Morgan fingerprint density at radius 2 is 1.82 bits per heavy atom. The van der Waals surface area contributed by atoms with Crippen molar-refractivity contribution in [3.63, 3.8) is 0 Å². The highest BCUT2D eigenvalue weighted by molar-refractivity contribution is 9.10. The van der Waals surface area contributed by atoms with E-state index in [0.29, 0.717) is 0 Å². The minimum atomic E-state index is 0.721. The summed E-state index contributed by atoms with van der Waals surface area (Å²) >= 11 is 5.02. The largest absolute Gasteiger partial charge is 0.298 e. The monoisotopic (exact) mass is 306 g/mol. The van der Waals surface area contributed by atoms with Gasteiger partial charge in [0.25, 0.3) is 0 Å². The molecule has 0 bridgehead atoms. The summed E-state index contributed by atoms with van der Waals surface area (Å²) in [6, 6.07) is 13.9. The Bertz CT molecular complexity index is 534. The van der Waals surface area contributed by atoms with E-state index in [4.69, 9.17) is 0 Å². The second-order valence-corrected chi connectivity index (χ2v) is 5.75. The van der Waals surface area contributed by atoms with E-state index < -0.39 is 0 Å². The van der Waals surface area contributed by atoms with Crippen LogP contribution in [-0.4, -0.2) is 6.29 Å². The van der Waals surface area contributed by atoms with Crippen molar-refractivity contribution >= 4 is 34.0 Å². The third-order valence-corrected chi connectivity index (χ3v) is 3.93. The summed E-state index contributed by atoms with van der Waals surface area (Å²) < 4.78 is 0.984. The molecule has 0 saturated heterocycles. The molecule has 2 aromatic rings. The molecule has 3 heteroatoms. The Hall–Kier alpha value is -1.06. The number of hydrogen-bond donors (Lipinski definition) is 0. The Labute approximate surface area is 113 Å². The van der Waals surface area contributed by atoms with Gasteiger partial charge in [0.15, 0.2) is 6.29 Å². The minimum absolute atomic E-state index is 0.721. The molecule has 0 aliphatic heterocycles. The van der Waals surface area contributed by atoms with Crippen LogP contribution in [-0.2, 0) is 0 Å². The molecule has 0 aromatic heterocycles. The Kier molecular flexibility index (Phi) is 4.02. The molecule has 17 heavy (non-hydrogen) atoms. The summed E-state index contributed by atoms with van der Waals surface area (Å²) in [5, 5.41) is 0. The number of aryl methyl sites for hydroxylation is 1. The van der Waals surface area contributed by atoms with Crippen LogP contribution in [0.25, 0.3) is 0 Å². The van der Waals surface area contributed by atoms with Crippen molar-refractivity contribution < 1.29 is 4.79 Å². The summed E-state index contributed by atoms with van der Waals surface area (Å²) in [5.41, 5.74) is 1.96. The fourth-order valence-electron chi connectivity index (χ4n) is 1.43. The normalized spacial score (nSPS) is 10.2. The van der Waals surface area contributed by atoms with Gasteiger partial charge in [0.05, 0.1) is 0 Å². The quantitative estimate of drug-likeness (QED) is 0.763. The predicted octanol–water partition coefficient (Wildman–Crippen LogP) is 4.72. The van der Waals surface area contributed by atoms with Crippen molar-refractivity contribution in [1.82, 2.24) is 0 Å². The SMILES string of the molecule is Cc1ccc(Sc2cc(Br)ccc2C=O)cc1. The summed E-state index contributed by atoms with van der Waals surface area (Å²) in [6.45, 7) is 2.06. The fraction of sp³-hybridized carbons (Fsp3) is 0.0714. The summed E-state index contributed by atoms with van der Waals surface area (Å²) in [5.74, 6) is 0. The van der Waals surface area contributed by atoms with Crippen LogP contribution in [0, 0.1) is 6.92 Å². The Balaban J connectivity index is 2.31. The zero-order chi connectivity index (χ0) is 12.3. The molecule has 0 aliphatic rings. The molecular weight excluding hydrogens is 296 g/mol. The molecule has 0 saturated carbocycles. The Morgan fingerprint density at radius 3 is 2.47 bits per heavy atom. The molecular formula is C14H11BrOS. The van der Waals surface area contributed by atoms with Gasteiger partial charge in [-0.2, -0.15) is 0 Å². The topological polar surface area (TPSA) is 17.1 Å². The van der Waals surface area contributed by atoms with Gasteiger partial charge in [0.2, 0.25) is 0 Å².